The summed E-state index contributed by atoms with van der Waals surface area (Å²) in [7, 11) is 1.66. The highest BCUT2D eigenvalue weighted by molar-refractivity contribution is 5.91. The zero-order chi connectivity index (χ0) is 17.1. The van der Waals surface area contributed by atoms with E-state index in [-0.39, 0.29) is 0 Å². The molecule has 1 N–H and O–H groups in total. The molecule has 0 amide bonds. The summed E-state index contributed by atoms with van der Waals surface area (Å²) in [6, 6.07) is 16.1. The Balaban J connectivity index is 1.89. The fourth-order valence-electron chi connectivity index (χ4n) is 2.78. The Bertz CT molecular complexity index is 904. The van der Waals surface area contributed by atoms with E-state index in [4.69, 9.17) is 9.84 Å². The lowest BCUT2D eigenvalue weighted by molar-refractivity contribution is -0.131. The van der Waals surface area contributed by atoms with E-state index in [0.29, 0.717) is 0 Å². The van der Waals surface area contributed by atoms with Crippen LogP contribution in [-0.2, 0) is 11.3 Å². The van der Waals surface area contributed by atoms with Crippen molar-refractivity contribution < 1.29 is 14.6 Å². The zero-order valence-electron chi connectivity index (χ0n) is 13.7. The van der Waals surface area contributed by atoms with Crippen LogP contribution in [-0.4, -0.2) is 22.8 Å². The minimum Gasteiger partial charge on any atom is -0.497 e. The molecule has 0 radical (unpaired) electrons. The molecular weight excluding hydrogens is 302 g/mol. The molecule has 0 aliphatic rings. The van der Waals surface area contributed by atoms with Crippen LogP contribution in [0.25, 0.3) is 16.5 Å². The third-order valence-electron chi connectivity index (χ3n) is 4.08. The van der Waals surface area contributed by atoms with Crippen molar-refractivity contribution in [2.75, 3.05) is 7.11 Å². The summed E-state index contributed by atoms with van der Waals surface area (Å²) in [6.45, 7) is 2.58. The Hall–Kier alpha value is -3.01. The number of carboxylic acid groups (broad SMARTS) is 1. The van der Waals surface area contributed by atoms with Crippen LogP contribution < -0.4 is 4.74 Å². The molecule has 0 aliphatic heterocycles. The molecule has 2 aromatic carbocycles. The number of methoxy groups -OCH3 is 1. The standard InChI is InChI=1S/C20H19NO3/c1-14(11-20(22)23)16-5-8-19-17(12-16)9-10-21(19)13-15-3-6-18(24-2)7-4-15/h3-12H,13H2,1-2H3,(H,22,23). The maximum atomic E-state index is 10.8. The zero-order valence-corrected chi connectivity index (χ0v) is 13.7. The number of benzene rings is 2. The van der Waals surface area contributed by atoms with Gasteiger partial charge in [-0.05, 0) is 54.0 Å². The lowest BCUT2D eigenvalue weighted by atomic mass is 10.1. The summed E-state index contributed by atoms with van der Waals surface area (Å²) in [5.41, 5.74) is 3.98. The van der Waals surface area contributed by atoms with Gasteiger partial charge in [-0.25, -0.2) is 4.79 Å². The van der Waals surface area contributed by atoms with E-state index >= 15 is 0 Å². The Morgan fingerprint density at radius 1 is 1.17 bits per heavy atom. The van der Waals surface area contributed by atoms with Crippen LogP contribution >= 0.6 is 0 Å². The number of aliphatic carboxylic acids is 1. The lowest BCUT2D eigenvalue weighted by Gasteiger charge is -2.08. The van der Waals surface area contributed by atoms with E-state index in [0.717, 1.165) is 34.3 Å². The first-order chi connectivity index (χ1) is 11.6. The van der Waals surface area contributed by atoms with Crippen LogP contribution in [0.5, 0.6) is 5.75 Å². The Kier molecular flexibility index (Phi) is 4.38. The molecule has 0 unspecified atom stereocenters. The van der Waals surface area contributed by atoms with Crippen molar-refractivity contribution >= 4 is 22.4 Å². The highest BCUT2D eigenvalue weighted by Crippen LogP contribution is 2.23. The SMILES string of the molecule is COc1ccc(Cn2ccc3cc(C(C)=CC(=O)O)ccc32)cc1. The van der Waals surface area contributed by atoms with Gasteiger partial charge in [0.05, 0.1) is 7.11 Å². The topological polar surface area (TPSA) is 51.5 Å². The van der Waals surface area contributed by atoms with E-state index in [2.05, 4.69) is 29.0 Å². The number of carbonyl (C=O) groups is 1. The molecule has 3 aromatic rings. The molecule has 4 heteroatoms. The fraction of sp³-hybridized carbons (Fsp3) is 0.150. The first-order valence-corrected chi connectivity index (χ1v) is 7.70. The van der Waals surface area contributed by atoms with E-state index in [1.165, 1.54) is 11.6 Å². The van der Waals surface area contributed by atoms with Crippen molar-refractivity contribution in [3.63, 3.8) is 0 Å². The third kappa shape index (κ3) is 3.33. The van der Waals surface area contributed by atoms with Gasteiger partial charge in [-0.2, -0.15) is 0 Å². The number of fused-ring (bicyclic) bond motifs is 1. The summed E-state index contributed by atoms with van der Waals surface area (Å²) in [5, 5.41) is 9.97. The summed E-state index contributed by atoms with van der Waals surface area (Å²) in [5.74, 6) is -0.0777. The van der Waals surface area contributed by atoms with Crippen molar-refractivity contribution in [3.8, 4) is 5.75 Å². The maximum absolute atomic E-state index is 10.8. The molecule has 0 atom stereocenters. The minimum atomic E-state index is -0.926. The van der Waals surface area contributed by atoms with Gasteiger partial charge in [0.25, 0.3) is 0 Å². The second-order valence-electron chi connectivity index (χ2n) is 5.73. The van der Waals surface area contributed by atoms with Gasteiger partial charge >= 0.3 is 5.97 Å². The van der Waals surface area contributed by atoms with E-state index < -0.39 is 5.97 Å². The normalized spacial score (nSPS) is 11.7. The van der Waals surface area contributed by atoms with Crippen molar-refractivity contribution in [2.24, 2.45) is 0 Å². The molecule has 1 heterocycles. The van der Waals surface area contributed by atoms with Gasteiger partial charge in [-0.15, -0.1) is 0 Å². The number of carboxylic acids is 1. The monoisotopic (exact) mass is 321 g/mol. The van der Waals surface area contributed by atoms with Gasteiger partial charge < -0.3 is 14.4 Å². The smallest absolute Gasteiger partial charge is 0.328 e. The van der Waals surface area contributed by atoms with E-state index in [1.54, 1.807) is 7.11 Å². The van der Waals surface area contributed by atoms with Gasteiger partial charge in [0, 0.05) is 29.7 Å². The van der Waals surface area contributed by atoms with Crippen molar-refractivity contribution in [1.82, 2.24) is 4.57 Å². The number of rotatable bonds is 5. The number of hydrogen-bond acceptors (Lipinski definition) is 2. The highest BCUT2D eigenvalue weighted by atomic mass is 16.5. The molecule has 0 bridgehead atoms. The predicted molar refractivity (Wildman–Crippen MR) is 95.3 cm³/mol. The molecule has 122 valence electrons. The van der Waals surface area contributed by atoms with Crippen molar-refractivity contribution in [3.05, 3.63) is 71.9 Å². The largest absolute Gasteiger partial charge is 0.497 e. The number of ether oxygens (including phenoxy) is 1. The average Bonchev–Trinajstić information content (AvgIpc) is 2.97. The molecule has 3 rings (SSSR count). The van der Waals surface area contributed by atoms with Crippen molar-refractivity contribution in [1.29, 1.82) is 0 Å². The summed E-state index contributed by atoms with van der Waals surface area (Å²) >= 11 is 0. The number of hydrogen-bond donors (Lipinski definition) is 1. The molecule has 0 aliphatic carbocycles. The second kappa shape index (κ2) is 6.62. The van der Waals surface area contributed by atoms with Crippen LogP contribution in [0, 0.1) is 0 Å². The molecule has 0 saturated heterocycles. The quantitative estimate of drug-likeness (QED) is 0.717. The number of allylic oxidation sites excluding steroid dienone is 1. The Morgan fingerprint density at radius 2 is 1.92 bits per heavy atom. The average molecular weight is 321 g/mol. The molecule has 0 spiro atoms. The molecule has 0 fully saturated rings. The summed E-state index contributed by atoms with van der Waals surface area (Å²) < 4.78 is 7.36. The molecule has 1 aromatic heterocycles. The first kappa shape index (κ1) is 15.9. The molecular formula is C20H19NO3. The lowest BCUT2D eigenvalue weighted by Crippen LogP contribution is -1.98. The van der Waals surface area contributed by atoms with Crippen LogP contribution in [0.1, 0.15) is 18.1 Å². The summed E-state index contributed by atoms with van der Waals surface area (Å²) in [4.78, 5) is 10.8. The highest BCUT2D eigenvalue weighted by Gasteiger charge is 2.05. The van der Waals surface area contributed by atoms with Gasteiger partial charge in [-0.3, -0.25) is 0 Å². The van der Waals surface area contributed by atoms with Gasteiger partial charge in [-0.1, -0.05) is 18.2 Å². The van der Waals surface area contributed by atoms with E-state index in [1.807, 2.05) is 37.3 Å². The maximum Gasteiger partial charge on any atom is 0.328 e. The Labute approximate surface area is 140 Å². The second-order valence-corrected chi connectivity index (χ2v) is 5.73. The van der Waals surface area contributed by atoms with Crippen LogP contribution in [0.15, 0.2) is 60.8 Å². The summed E-state index contributed by atoms with van der Waals surface area (Å²) in [6.07, 6.45) is 3.28. The number of nitrogens with zero attached hydrogens (tertiary/aromatic N) is 1. The van der Waals surface area contributed by atoms with Gasteiger partial charge in [0.2, 0.25) is 0 Å². The third-order valence-corrected chi connectivity index (χ3v) is 4.08. The minimum absolute atomic E-state index is 0.743. The van der Waals surface area contributed by atoms with E-state index in [9.17, 15) is 4.79 Å². The van der Waals surface area contributed by atoms with Crippen molar-refractivity contribution in [2.45, 2.75) is 13.5 Å². The Morgan fingerprint density at radius 3 is 2.58 bits per heavy atom. The number of aromatic nitrogens is 1. The van der Waals surface area contributed by atoms with Crippen LogP contribution in [0.4, 0.5) is 0 Å². The molecule has 4 nitrogen and oxygen atoms in total. The first-order valence-electron chi connectivity index (χ1n) is 7.70. The van der Waals surface area contributed by atoms with Gasteiger partial charge in [0.15, 0.2) is 0 Å². The van der Waals surface area contributed by atoms with Crippen LogP contribution in [0.2, 0.25) is 0 Å². The van der Waals surface area contributed by atoms with Crippen LogP contribution in [0.3, 0.4) is 0 Å². The molecule has 24 heavy (non-hydrogen) atoms. The predicted octanol–water partition coefficient (Wildman–Crippen LogP) is 4.19. The van der Waals surface area contributed by atoms with Gasteiger partial charge in [0.1, 0.15) is 5.75 Å². The fourth-order valence-corrected chi connectivity index (χ4v) is 2.78. The molecule has 0 saturated carbocycles.